The maximum atomic E-state index is 8.93. The Morgan fingerprint density at radius 3 is 2.30 bits per heavy atom. The van der Waals surface area contributed by atoms with Gasteiger partial charge in [-0.3, -0.25) is 0 Å². The van der Waals surface area contributed by atoms with E-state index in [0.717, 1.165) is 0 Å². The van der Waals surface area contributed by atoms with Gasteiger partial charge in [-0.1, -0.05) is 0 Å². The first-order valence-corrected chi connectivity index (χ1v) is 3.57. The van der Waals surface area contributed by atoms with Gasteiger partial charge in [-0.25, -0.2) is 0 Å². The monoisotopic (exact) mass is 168 g/mol. The average Bonchev–Trinajstić information content (AvgIpc) is 1.99. The fourth-order valence-electron chi connectivity index (χ4n) is 0.543. The Morgan fingerprint density at radius 1 is 1.40 bits per heavy atom. The summed E-state index contributed by atoms with van der Waals surface area (Å²) in [6.07, 6.45) is -0.489. The molecule has 0 amide bonds. The van der Waals surface area contributed by atoms with E-state index in [4.69, 9.17) is 21.4 Å². The predicted molar refractivity (Wildman–Crippen MR) is 39.1 cm³/mol. The van der Waals surface area contributed by atoms with Gasteiger partial charge in [0.2, 0.25) is 0 Å². The summed E-state index contributed by atoms with van der Waals surface area (Å²) in [6.45, 7) is 0. The maximum Gasteiger partial charge on any atom is 0.156 e. The maximum absolute atomic E-state index is 8.93. The van der Waals surface area contributed by atoms with Gasteiger partial charge in [0.25, 0.3) is 0 Å². The van der Waals surface area contributed by atoms with E-state index in [1.165, 1.54) is 7.11 Å². The molecule has 3 nitrogen and oxygen atoms in total. The summed E-state index contributed by atoms with van der Waals surface area (Å²) < 4.78 is 9.50. The van der Waals surface area contributed by atoms with Gasteiger partial charge in [0.1, 0.15) is 0 Å². The van der Waals surface area contributed by atoms with E-state index in [0.29, 0.717) is 12.3 Å². The van der Waals surface area contributed by atoms with Crippen LogP contribution in [-0.4, -0.2) is 37.6 Å². The van der Waals surface area contributed by atoms with Crippen LogP contribution in [-0.2, 0) is 9.47 Å². The van der Waals surface area contributed by atoms with Crippen molar-refractivity contribution in [2.24, 2.45) is 0 Å². The second kappa shape index (κ2) is 5.92. The van der Waals surface area contributed by atoms with Crippen LogP contribution in [0, 0.1) is 0 Å². The molecule has 0 aliphatic heterocycles. The molecule has 2 atom stereocenters. The van der Waals surface area contributed by atoms with Crippen molar-refractivity contribution < 1.29 is 14.6 Å². The Kier molecular flexibility index (Phi) is 6.02. The lowest BCUT2D eigenvalue weighted by Gasteiger charge is -2.14. The van der Waals surface area contributed by atoms with Crippen LogP contribution < -0.4 is 0 Å². The number of aliphatic hydroxyl groups is 1. The number of alkyl halides is 1. The van der Waals surface area contributed by atoms with Crippen LogP contribution in [0.25, 0.3) is 0 Å². The summed E-state index contributed by atoms with van der Waals surface area (Å²) in [5.41, 5.74) is 0. The van der Waals surface area contributed by atoms with E-state index in [2.05, 4.69) is 4.74 Å². The normalized spacial score (nSPS) is 16.8. The second-order valence-corrected chi connectivity index (χ2v) is 2.25. The van der Waals surface area contributed by atoms with E-state index >= 15 is 0 Å². The highest BCUT2D eigenvalue weighted by Gasteiger charge is 2.11. The van der Waals surface area contributed by atoms with E-state index < -0.39 is 6.29 Å². The van der Waals surface area contributed by atoms with Crippen molar-refractivity contribution in [2.45, 2.75) is 18.8 Å². The van der Waals surface area contributed by atoms with E-state index in [1.54, 1.807) is 7.11 Å². The molecule has 0 aliphatic carbocycles. The van der Waals surface area contributed by atoms with Gasteiger partial charge in [-0.2, -0.15) is 0 Å². The number of hydrogen-bond donors (Lipinski definition) is 1. The number of aliphatic hydroxyl groups excluding tert-OH is 1. The Labute approximate surface area is 65.9 Å². The molecule has 0 unspecified atom stereocenters. The number of halogens is 1. The lowest BCUT2D eigenvalue weighted by atomic mass is 10.3. The molecule has 0 bridgehead atoms. The molecule has 0 radical (unpaired) electrons. The highest BCUT2D eigenvalue weighted by molar-refractivity contribution is 6.18. The highest BCUT2D eigenvalue weighted by Crippen LogP contribution is 2.03. The summed E-state index contributed by atoms with van der Waals surface area (Å²) in [4.78, 5) is 0. The minimum atomic E-state index is -0.774. The molecular formula is C6H13ClO3. The molecule has 0 saturated heterocycles. The van der Waals surface area contributed by atoms with Gasteiger partial charge < -0.3 is 14.6 Å². The number of hydrogen-bond acceptors (Lipinski definition) is 3. The van der Waals surface area contributed by atoms with Crippen molar-refractivity contribution in [3.05, 3.63) is 0 Å². The lowest BCUT2D eigenvalue weighted by molar-refractivity contribution is -0.0994. The molecule has 0 aromatic heterocycles. The van der Waals surface area contributed by atoms with Crippen LogP contribution >= 0.6 is 11.6 Å². The van der Waals surface area contributed by atoms with Crippen LogP contribution in [0.4, 0.5) is 0 Å². The van der Waals surface area contributed by atoms with Crippen molar-refractivity contribution in [3.63, 3.8) is 0 Å². The van der Waals surface area contributed by atoms with E-state index in [1.807, 2.05) is 0 Å². The van der Waals surface area contributed by atoms with E-state index in [9.17, 15) is 0 Å². The third-order valence-electron chi connectivity index (χ3n) is 1.24. The topological polar surface area (TPSA) is 38.7 Å². The SMILES string of the molecule is CO[C@@H](CCl)C[C@@H](O)OC. The zero-order chi connectivity index (χ0) is 7.98. The zero-order valence-electron chi connectivity index (χ0n) is 6.21. The van der Waals surface area contributed by atoms with Crippen LogP contribution in [0.1, 0.15) is 6.42 Å². The average molecular weight is 169 g/mol. The van der Waals surface area contributed by atoms with Gasteiger partial charge in [0.15, 0.2) is 6.29 Å². The third kappa shape index (κ3) is 4.06. The molecule has 1 N–H and O–H groups in total. The van der Waals surface area contributed by atoms with Gasteiger partial charge in [-0.05, 0) is 0 Å². The minimum absolute atomic E-state index is 0.128. The fourth-order valence-corrected chi connectivity index (χ4v) is 0.795. The Hall–Kier alpha value is 0.170. The first-order chi connectivity index (χ1) is 4.74. The lowest BCUT2D eigenvalue weighted by Crippen LogP contribution is -2.22. The first kappa shape index (κ1) is 10.2. The van der Waals surface area contributed by atoms with Gasteiger partial charge >= 0.3 is 0 Å². The smallest absolute Gasteiger partial charge is 0.156 e. The Morgan fingerprint density at radius 2 is 2.00 bits per heavy atom. The third-order valence-corrected chi connectivity index (χ3v) is 1.59. The van der Waals surface area contributed by atoms with Crippen molar-refractivity contribution in [2.75, 3.05) is 20.1 Å². The fraction of sp³-hybridized carbons (Fsp3) is 1.00. The molecule has 0 rings (SSSR count). The zero-order valence-corrected chi connectivity index (χ0v) is 6.97. The van der Waals surface area contributed by atoms with Gasteiger partial charge in [0, 0.05) is 26.5 Å². The Balaban J connectivity index is 3.41. The summed E-state index contributed by atoms with van der Waals surface area (Å²) in [7, 11) is 2.99. The van der Waals surface area contributed by atoms with Crippen LogP contribution in [0.3, 0.4) is 0 Å². The highest BCUT2D eigenvalue weighted by atomic mass is 35.5. The van der Waals surface area contributed by atoms with Crippen molar-refractivity contribution in [3.8, 4) is 0 Å². The van der Waals surface area contributed by atoms with Crippen LogP contribution in [0.15, 0.2) is 0 Å². The van der Waals surface area contributed by atoms with Crippen LogP contribution in [0.2, 0.25) is 0 Å². The molecule has 0 aromatic rings. The second-order valence-electron chi connectivity index (χ2n) is 1.94. The van der Waals surface area contributed by atoms with E-state index in [-0.39, 0.29) is 6.10 Å². The molecule has 0 heterocycles. The van der Waals surface area contributed by atoms with Crippen molar-refractivity contribution in [1.29, 1.82) is 0 Å². The molecule has 0 saturated carbocycles. The van der Waals surface area contributed by atoms with Gasteiger partial charge in [-0.15, -0.1) is 11.6 Å². The summed E-state index contributed by atoms with van der Waals surface area (Å²) in [5.74, 6) is 0.372. The molecule has 0 fully saturated rings. The molecule has 0 aromatic carbocycles. The molecule has 0 aliphatic rings. The Bertz CT molecular complexity index is 75.4. The standard InChI is InChI=1S/C6H13ClO3/c1-9-5(4-7)3-6(8)10-2/h5-6,8H,3-4H2,1-2H3/t5-,6+/m1/s1. The quantitative estimate of drug-likeness (QED) is 0.483. The number of methoxy groups -OCH3 is 2. The molecule has 0 spiro atoms. The summed E-state index contributed by atoms with van der Waals surface area (Å²) in [6, 6.07) is 0. The molecule has 4 heteroatoms. The summed E-state index contributed by atoms with van der Waals surface area (Å²) >= 11 is 5.48. The van der Waals surface area contributed by atoms with Crippen molar-refractivity contribution in [1.82, 2.24) is 0 Å². The molecule has 10 heavy (non-hydrogen) atoms. The number of rotatable bonds is 5. The summed E-state index contributed by atoms with van der Waals surface area (Å²) in [5, 5.41) is 8.93. The van der Waals surface area contributed by atoms with Gasteiger partial charge in [0.05, 0.1) is 6.10 Å². The first-order valence-electron chi connectivity index (χ1n) is 3.04. The minimum Gasteiger partial charge on any atom is -0.380 e. The molecular weight excluding hydrogens is 156 g/mol. The van der Waals surface area contributed by atoms with Crippen LogP contribution in [0.5, 0.6) is 0 Å². The van der Waals surface area contributed by atoms with Crippen molar-refractivity contribution >= 4 is 11.6 Å². The predicted octanol–water partition coefficient (Wildman–Crippen LogP) is 0.595. The number of ether oxygens (including phenoxy) is 2. The molecule has 62 valence electrons. The largest absolute Gasteiger partial charge is 0.380 e.